The topological polar surface area (TPSA) is 77.6 Å². The molecule has 0 saturated carbocycles. The molecule has 0 fully saturated rings. The van der Waals surface area contributed by atoms with Gasteiger partial charge in [0.05, 0.1) is 33.7 Å². The lowest BCUT2D eigenvalue weighted by atomic mass is 10.1. The van der Waals surface area contributed by atoms with Crippen molar-refractivity contribution in [2.24, 2.45) is 7.05 Å². The van der Waals surface area contributed by atoms with Crippen molar-refractivity contribution in [1.29, 1.82) is 0 Å². The summed E-state index contributed by atoms with van der Waals surface area (Å²) in [4.78, 5) is 23.3. The molecule has 170 valence electrons. The number of amides is 1. The monoisotopic (exact) mass is 472 g/mol. The van der Waals surface area contributed by atoms with Crippen molar-refractivity contribution < 1.29 is 9.18 Å². The van der Waals surface area contributed by atoms with Crippen molar-refractivity contribution in [3.05, 3.63) is 90.3 Å². The number of halogens is 1. The molecule has 0 atom stereocenters. The molecule has 0 bridgehead atoms. The largest absolute Gasteiger partial charge is 0.333 e. The number of nitrogens with one attached hydrogen (secondary N) is 1. The maximum atomic E-state index is 13.3. The zero-order valence-electron chi connectivity index (χ0n) is 18.6. The number of benzene rings is 2. The molecule has 0 aliphatic heterocycles. The van der Waals surface area contributed by atoms with Crippen LogP contribution in [0.4, 0.5) is 9.52 Å². The molecule has 9 heteroatoms. The van der Waals surface area contributed by atoms with E-state index in [1.54, 1.807) is 23.0 Å². The Kier molecular flexibility index (Phi) is 5.77. The van der Waals surface area contributed by atoms with Crippen LogP contribution in [0.5, 0.6) is 0 Å². The van der Waals surface area contributed by atoms with Crippen LogP contribution in [0.25, 0.3) is 27.6 Å². The molecule has 0 aliphatic carbocycles. The van der Waals surface area contributed by atoms with Crippen molar-refractivity contribution in [2.75, 3.05) is 5.32 Å². The molecular formula is C25H21FN6OS. The maximum absolute atomic E-state index is 13.3. The summed E-state index contributed by atoms with van der Waals surface area (Å²) >= 11 is 1.37. The first-order valence-electron chi connectivity index (χ1n) is 10.7. The molecular weight excluding hydrogens is 451 g/mol. The van der Waals surface area contributed by atoms with Crippen LogP contribution >= 0.6 is 11.3 Å². The van der Waals surface area contributed by atoms with Crippen molar-refractivity contribution >= 4 is 22.4 Å². The number of rotatable bonds is 6. The van der Waals surface area contributed by atoms with Gasteiger partial charge < -0.3 is 4.57 Å². The Morgan fingerprint density at radius 1 is 1.12 bits per heavy atom. The number of imidazole rings is 1. The lowest BCUT2D eigenvalue weighted by molar-refractivity contribution is 0.102. The van der Waals surface area contributed by atoms with Gasteiger partial charge in [0.25, 0.3) is 5.91 Å². The Hall–Kier alpha value is -4.11. The predicted molar refractivity (Wildman–Crippen MR) is 131 cm³/mol. The van der Waals surface area contributed by atoms with Gasteiger partial charge >= 0.3 is 0 Å². The van der Waals surface area contributed by atoms with E-state index in [0.717, 1.165) is 27.7 Å². The number of hydrogen-bond acceptors (Lipinski definition) is 5. The molecule has 5 aromatic rings. The summed E-state index contributed by atoms with van der Waals surface area (Å²) in [5, 5.41) is 7.78. The highest BCUT2D eigenvalue weighted by molar-refractivity contribution is 7.19. The fraction of sp³-hybridized carbons (Fsp3) is 0.120. The second-order valence-electron chi connectivity index (χ2n) is 7.63. The Morgan fingerprint density at radius 3 is 2.56 bits per heavy atom. The van der Waals surface area contributed by atoms with Crippen LogP contribution in [-0.2, 0) is 13.5 Å². The number of nitrogens with zero attached hydrogens (tertiary/aromatic N) is 5. The molecule has 0 spiro atoms. The highest BCUT2D eigenvalue weighted by atomic mass is 32.1. The summed E-state index contributed by atoms with van der Waals surface area (Å²) in [6.45, 7) is 1.95. The Bertz CT molecular complexity index is 1450. The highest BCUT2D eigenvalue weighted by Crippen LogP contribution is 2.38. The quantitative estimate of drug-likeness (QED) is 0.361. The highest BCUT2D eigenvalue weighted by Gasteiger charge is 2.22. The average Bonchev–Trinajstić information content (AvgIpc) is 3.58. The van der Waals surface area contributed by atoms with Crippen LogP contribution in [0.1, 0.15) is 23.0 Å². The molecule has 3 aromatic heterocycles. The Labute approximate surface area is 199 Å². The van der Waals surface area contributed by atoms with E-state index in [1.807, 2.05) is 55.1 Å². The van der Waals surface area contributed by atoms with Crippen LogP contribution in [0.15, 0.2) is 73.2 Å². The third kappa shape index (κ3) is 4.01. The first-order valence-corrected chi connectivity index (χ1v) is 11.5. The normalized spacial score (nSPS) is 11.0. The van der Waals surface area contributed by atoms with E-state index in [4.69, 9.17) is 4.98 Å². The number of carbonyl (C=O) groups is 1. The number of hydrogen-bond donors (Lipinski definition) is 1. The van der Waals surface area contributed by atoms with Crippen LogP contribution in [0.3, 0.4) is 0 Å². The number of thiazole rings is 1. The van der Waals surface area contributed by atoms with Crippen molar-refractivity contribution in [3.63, 3.8) is 0 Å². The minimum atomic E-state index is -0.326. The Balaban J connectivity index is 1.49. The third-order valence-electron chi connectivity index (χ3n) is 5.44. The first kappa shape index (κ1) is 21.7. The number of carbonyl (C=O) groups excluding carboxylic acids is 1. The van der Waals surface area contributed by atoms with E-state index < -0.39 is 0 Å². The zero-order chi connectivity index (χ0) is 23.7. The van der Waals surface area contributed by atoms with E-state index >= 15 is 0 Å². The van der Waals surface area contributed by atoms with Crippen molar-refractivity contribution in [3.8, 4) is 27.6 Å². The molecule has 1 amide bonds. The van der Waals surface area contributed by atoms with Crippen LogP contribution in [0.2, 0.25) is 0 Å². The lowest BCUT2D eigenvalue weighted by Gasteiger charge is -2.07. The molecule has 0 aliphatic rings. The molecule has 0 radical (unpaired) electrons. The van der Waals surface area contributed by atoms with Gasteiger partial charge in [0.15, 0.2) is 11.0 Å². The molecule has 5 rings (SSSR count). The predicted octanol–water partition coefficient (Wildman–Crippen LogP) is 5.35. The van der Waals surface area contributed by atoms with E-state index in [1.165, 1.54) is 29.7 Å². The van der Waals surface area contributed by atoms with Gasteiger partial charge in [-0.2, -0.15) is 5.10 Å². The van der Waals surface area contributed by atoms with Gasteiger partial charge in [-0.05, 0) is 30.7 Å². The minimum Gasteiger partial charge on any atom is -0.333 e. The number of aryl methyl sites for hydroxylation is 1. The number of aromatic nitrogens is 5. The molecule has 0 saturated heterocycles. The summed E-state index contributed by atoms with van der Waals surface area (Å²) in [5.41, 5.74) is 3.56. The smallest absolute Gasteiger partial charge is 0.260 e. The fourth-order valence-corrected chi connectivity index (χ4v) is 4.80. The van der Waals surface area contributed by atoms with Gasteiger partial charge in [-0.25, -0.2) is 19.0 Å². The molecule has 3 heterocycles. The summed E-state index contributed by atoms with van der Waals surface area (Å²) in [5.74, 6) is 0.147. The molecule has 2 aromatic carbocycles. The van der Waals surface area contributed by atoms with Gasteiger partial charge in [-0.3, -0.25) is 10.1 Å². The van der Waals surface area contributed by atoms with Gasteiger partial charge in [-0.15, -0.1) is 0 Å². The molecule has 34 heavy (non-hydrogen) atoms. The van der Waals surface area contributed by atoms with Crippen molar-refractivity contribution in [2.45, 2.75) is 13.3 Å². The summed E-state index contributed by atoms with van der Waals surface area (Å²) in [7, 11) is 1.92. The van der Waals surface area contributed by atoms with Crippen LogP contribution in [-0.4, -0.2) is 30.2 Å². The fourth-order valence-electron chi connectivity index (χ4n) is 3.77. The van der Waals surface area contributed by atoms with E-state index in [0.29, 0.717) is 22.8 Å². The second kappa shape index (κ2) is 9.03. The van der Waals surface area contributed by atoms with Gasteiger partial charge in [0.1, 0.15) is 5.82 Å². The summed E-state index contributed by atoms with van der Waals surface area (Å²) in [6.07, 6.45) is 5.72. The zero-order valence-corrected chi connectivity index (χ0v) is 19.4. The third-order valence-corrected chi connectivity index (χ3v) is 6.41. The van der Waals surface area contributed by atoms with Crippen molar-refractivity contribution in [1.82, 2.24) is 24.3 Å². The molecule has 0 unspecified atom stereocenters. The minimum absolute atomic E-state index is 0.301. The standard InChI is InChI=1S/C25H21FN6OS/c1-3-20-19(15-28-32(20)18-11-9-17(26)10-12-18)24(33)30-25-29-21(16-7-5-4-6-8-16)22(34-25)23-27-13-14-31(23)2/h4-15H,3H2,1-2H3,(H,29,30,33). The van der Waals surface area contributed by atoms with Gasteiger partial charge in [-0.1, -0.05) is 48.6 Å². The van der Waals surface area contributed by atoms with Gasteiger partial charge in [0.2, 0.25) is 0 Å². The van der Waals surface area contributed by atoms with Gasteiger partial charge in [0, 0.05) is 25.0 Å². The summed E-state index contributed by atoms with van der Waals surface area (Å²) in [6, 6.07) is 15.8. The van der Waals surface area contributed by atoms with E-state index in [2.05, 4.69) is 15.4 Å². The molecule has 7 nitrogen and oxygen atoms in total. The number of anilines is 1. The van der Waals surface area contributed by atoms with E-state index in [-0.39, 0.29) is 11.7 Å². The second-order valence-corrected chi connectivity index (χ2v) is 8.62. The van der Waals surface area contributed by atoms with Crippen LogP contribution in [0, 0.1) is 5.82 Å². The SMILES string of the molecule is CCc1c(C(=O)Nc2nc(-c3ccccc3)c(-c3nccn3C)s2)cnn1-c1ccc(F)cc1. The summed E-state index contributed by atoms with van der Waals surface area (Å²) < 4.78 is 16.9. The van der Waals surface area contributed by atoms with E-state index in [9.17, 15) is 9.18 Å². The lowest BCUT2D eigenvalue weighted by Crippen LogP contribution is -2.14. The average molecular weight is 473 g/mol. The Morgan fingerprint density at radius 2 is 1.88 bits per heavy atom. The van der Waals surface area contributed by atoms with Crippen LogP contribution < -0.4 is 5.32 Å². The molecule has 1 N–H and O–H groups in total. The maximum Gasteiger partial charge on any atom is 0.260 e. The first-order chi connectivity index (χ1) is 16.5.